The number of anilines is 1. The van der Waals surface area contributed by atoms with E-state index in [2.05, 4.69) is 0 Å². The summed E-state index contributed by atoms with van der Waals surface area (Å²) < 4.78 is 9.98. The lowest BCUT2D eigenvalue weighted by molar-refractivity contribution is -0.195. The van der Waals surface area contributed by atoms with Crippen LogP contribution in [-0.4, -0.2) is 69.1 Å². The van der Waals surface area contributed by atoms with E-state index in [0.717, 1.165) is 12.1 Å². The second-order valence-electron chi connectivity index (χ2n) is 4.95. The predicted octanol–water partition coefficient (Wildman–Crippen LogP) is -1.68. The molecule has 4 atom stereocenters. The number of aromatic hydroxyl groups is 2. The highest BCUT2D eigenvalue weighted by Gasteiger charge is 2.38. The van der Waals surface area contributed by atoms with Crippen molar-refractivity contribution in [3.8, 4) is 11.5 Å². The lowest BCUT2D eigenvalue weighted by Gasteiger charge is -2.34. The topological polar surface area (TPSA) is 163 Å². The van der Waals surface area contributed by atoms with Crippen molar-refractivity contribution in [1.29, 1.82) is 0 Å². The Labute approximate surface area is 125 Å². The third-order valence-corrected chi connectivity index (χ3v) is 3.34. The zero-order valence-corrected chi connectivity index (χ0v) is 11.4. The van der Waals surface area contributed by atoms with Crippen LogP contribution in [0.1, 0.15) is 10.4 Å². The second kappa shape index (κ2) is 6.36. The first-order valence-electron chi connectivity index (χ1n) is 6.45. The molecular weight excluding hydrogens is 298 g/mol. The van der Waals surface area contributed by atoms with Gasteiger partial charge >= 0.3 is 5.97 Å². The van der Waals surface area contributed by atoms with Gasteiger partial charge in [-0.1, -0.05) is 0 Å². The fraction of sp³-hybridized carbons (Fsp3) is 0.462. The molecule has 122 valence electrons. The van der Waals surface area contributed by atoms with E-state index >= 15 is 0 Å². The average molecular weight is 315 g/mol. The van der Waals surface area contributed by atoms with E-state index in [4.69, 9.17) is 15.2 Å². The first kappa shape index (κ1) is 16.3. The van der Waals surface area contributed by atoms with Gasteiger partial charge in [-0.15, -0.1) is 0 Å². The monoisotopic (exact) mass is 315 g/mol. The summed E-state index contributed by atoms with van der Waals surface area (Å²) in [5.41, 5.74) is 5.12. The number of aliphatic hydroxyl groups is 3. The molecule has 0 saturated carbocycles. The number of nitrogens with two attached hydrogens (primary N) is 1. The summed E-state index contributed by atoms with van der Waals surface area (Å²) in [6.07, 6.45) is -5.01. The fourth-order valence-electron chi connectivity index (χ4n) is 2.01. The Hall–Kier alpha value is -2.07. The van der Waals surface area contributed by atoms with Crippen LogP contribution in [0, 0.1) is 0 Å². The standard InChI is InChI=1S/C13H17NO8/c14-6-1-5(2-7(15)10(6)17)13(20)22-4-9-12(19)11(18)8(16)3-21-9/h1-2,8-9,11-12,15-19H,3-4,14H2. The number of phenolic OH excluding ortho intramolecular Hbond substituents is 2. The molecule has 22 heavy (non-hydrogen) atoms. The number of hydrogen-bond donors (Lipinski definition) is 6. The van der Waals surface area contributed by atoms with Gasteiger partial charge in [-0.2, -0.15) is 0 Å². The molecule has 9 nitrogen and oxygen atoms in total. The number of carbonyl (C=O) groups is 1. The summed E-state index contributed by atoms with van der Waals surface area (Å²) in [5.74, 6) is -1.97. The molecule has 2 rings (SSSR count). The number of carbonyl (C=O) groups excluding carboxylic acids is 1. The van der Waals surface area contributed by atoms with Gasteiger partial charge in [0.15, 0.2) is 11.5 Å². The van der Waals surface area contributed by atoms with Crippen molar-refractivity contribution in [1.82, 2.24) is 0 Å². The maximum atomic E-state index is 11.8. The highest BCUT2D eigenvalue weighted by atomic mass is 16.6. The number of rotatable bonds is 3. The molecule has 0 aromatic heterocycles. The zero-order chi connectivity index (χ0) is 16.4. The maximum Gasteiger partial charge on any atom is 0.338 e. The number of benzene rings is 1. The fourth-order valence-corrected chi connectivity index (χ4v) is 2.01. The molecule has 7 N–H and O–H groups in total. The molecule has 0 amide bonds. The van der Waals surface area contributed by atoms with E-state index in [0.29, 0.717) is 0 Å². The average Bonchev–Trinajstić information content (AvgIpc) is 2.48. The molecule has 1 aliphatic rings. The summed E-state index contributed by atoms with van der Waals surface area (Å²) in [6, 6.07) is 2.10. The van der Waals surface area contributed by atoms with Gasteiger partial charge in [0, 0.05) is 0 Å². The van der Waals surface area contributed by atoms with Crippen LogP contribution in [0.4, 0.5) is 5.69 Å². The molecule has 1 heterocycles. The van der Waals surface area contributed by atoms with E-state index in [-0.39, 0.29) is 24.5 Å². The number of phenols is 2. The molecule has 0 spiro atoms. The molecule has 1 aromatic rings. The van der Waals surface area contributed by atoms with Crippen molar-refractivity contribution in [3.05, 3.63) is 17.7 Å². The van der Waals surface area contributed by atoms with E-state index < -0.39 is 41.9 Å². The zero-order valence-electron chi connectivity index (χ0n) is 11.4. The molecule has 1 saturated heterocycles. The van der Waals surface area contributed by atoms with Crippen LogP contribution >= 0.6 is 0 Å². The van der Waals surface area contributed by atoms with Gasteiger partial charge in [0.05, 0.1) is 17.9 Å². The minimum Gasteiger partial charge on any atom is -0.504 e. The Morgan fingerprint density at radius 2 is 1.95 bits per heavy atom. The molecule has 0 bridgehead atoms. The Morgan fingerprint density at radius 1 is 1.27 bits per heavy atom. The van der Waals surface area contributed by atoms with Gasteiger partial charge in [0.2, 0.25) is 0 Å². The predicted molar refractivity (Wildman–Crippen MR) is 72.2 cm³/mol. The number of aliphatic hydroxyl groups excluding tert-OH is 3. The normalized spacial score (nSPS) is 28.3. The van der Waals surface area contributed by atoms with Crippen molar-refractivity contribution in [2.75, 3.05) is 18.9 Å². The molecular formula is C13H17NO8. The molecule has 0 radical (unpaired) electrons. The molecule has 0 aliphatic carbocycles. The van der Waals surface area contributed by atoms with Crippen molar-refractivity contribution in [2.45, 2.75) is 24.4 Å². The summed E-state index contributed by atoms with van der Waals surface area (Å²) >= 11 is 0. The van der Waals surface area contributed by atoms with E-state index in [1.807, 2.05) is 0 Å². The van der Waals surface area contributed by atoms with Crippen LogP contribution in [0.3, 0.4) is 0 Å². The highest BCUT2D eigenvalue weighted by molar-refractivity contribution is 5.92. The lowest BCUT2D eigenvalue weighted by atomic mass is 10.0. The molecule has 9 heteroatoms. The third kappa shape index (κ3) is 3.22. The van der Waals surface area contributed by atoms with Gasteiger partial charge in [-0.05, 0) is 12.1 Å². The van der Waals surface area contributed by atoms with E-state index in [9.17, 15) is 30.3 Å². The van der Waals surface area contributed by atoms with Crippen LogP contribution in [0.2, 0.25) is 0 Å². The number of ether oxygens (including phenoxy) is 2. The largest absolute Gasteiger partial charge is 0.504 e. The Balaban J connectivity index is 1.98. The van der Waals surface area contributed by atoms with Crippen molar-refractivity contribution in [3.63, 3.8) is 0 Å². The van der Waals surface area contributed by atoms with Gasteiger partial charge in [-0.3, -0.25) is 0 Å². The van der Waals surface area contributed by atoms with Crippen molar-refractivity contribution in [2.24, 2.45) is 0 Å². The first-order valence-corrected chi connectivity index (χ1v) is 6.45. The SMILES string of the molecule is Nc1cc(C(=O)OCC2OCC(O)C(O)C2O)cc(O)c1O. The van der Waals surface area contributed by atoms with Gasteiger partial charge in [0.25, 0.3) is 0 Å². The van der Waals surface area contributed by atoms with E-state index in [1.165, 1.54) is 0 Å². The van der Waals surface area contributed by atoms with Gasteiger partial charge < -0.3 is 40.7 Å². The Morgan fingerprint density at radius 3 is 2.59 bits per heavy atom. The molecule has 1 aromatic carbocycles. The smallest absolute Gasteiger partial charge is 0.338 e. The summed E-state index contributed by atoms with van der Waals surface area (Å²) in [6.45, 7) is -0.571. The number of hydrogen-bond acceptors (Lipinski definition) is 9. The van der Waals surface area contributed by atoms with Gasteiger partial charge in [0.1, 0.15) is 31.0 Å². The minimum absolute atomic E-state index is 0.0984. The Kier molecular flexibility index (Phi) is 4.71. The summed E-state index contributed by atoms with van der Waals surface area (Å²) in [7, 11) is 0. The molecule has 1 fully saturated rings. The summed E-state index contributed by atoms with van der Waals surface area (Å²) in [4.78, 5) is 11.8. The number of esters is 1. The highest BCUT2D eigenvalue weighted by Crippen LogP contribution is 2.32. The van der Waals surface area contributed by atoms with Crippen molar-refractivity contribution >= 4 is 11.7 Å². The lowest BCUT2D eigenvalue weighted by Crippen LogP contribution is -2.54. The van der Waals surface area contributed by atoms with E-state index in [1.54, 1.807) is 0 Å². The molecule has 4 unspecified atom stereocenters. The number of nitrogen functional groups attached to an aromatic ring is 1. The first-order chi connectivity index (χ1) is 10.3. The van der Waals surface area contributed by atoms with Crippen LogP contribution in [-0.2, 0) is 9.47 Å². The van der Waals surface area contributed by atoms with Crippen LogP contribution < -0.4 is 5.73 Å². The molecule has 1 aliphatic heterocycles. The third-order valence-electron chi connectivity index (χ3n) is 3.34. The van der Waals surface area contributed by atoms with Crippen LogP contribution in [0.25, 0.3) is 0 Å². The Bertz CT molecular complexity index is 540. The minimum atomic E-state index is -1.41. The maximum absolute atomic E-state index is 11.8. The van der Waals surface area contributed by atoms with Crippen LogP contribution in [0.5, 0.6) is 11.5 Å². The van der Waals surface area contributed by atoms with Crippen LogP contribution in [0.15, 0.2) is 12.1 Å². The second-order valence-corrected chi connectivity index (χ2v) is 4.95. The quantitative estimate of drug-likeness (QED) is 0.217. The van der Waals surface area contributed by atoms with Gasteiger partial charge in [-0.25, -0.2) is 4.79 Å². The van der Waals surface area contributed by atoms with Crippen molar-refractivity contribution < 1.29 is 39.8 Å². The summed E-state index contributed by atoms with van der Waals surface area (Å²) in [5, 5.41) is 47.2.